The molecule has 4 N–H and O–H groups in total. The quantitative estimate of drug-likeness (QED) is 0.527. The minimum Gasteiger partial charge on any atom is -0.465 e. The number of carboxylic acid groups (broad SMARTS) is 1. The van der Waals surface area contributed by atoms with Crippen LogP contribution in [-0.4, -0.2) is 32.8 Å². The second kappa shape index (κ2) is 2.65. The van der Waals surface area contributed by atoms with Crippen molar-refractivity contribution in [3.63, 3.8) is 0 Å². The minimum atomic E-state index is -0.911. The summed E-state index contributed by atoms with van der Waals surface area (Å²) in [5, 5.41) is 15.4. The van der Waals surface area contributed by atoms with Crippen LogP contribution in [0.25, 0.3) is 0 Å². The highest BCUT2D eigenvalue weighted by Gasteiger charge is 2.23. The number of anilines is 1. The van der Waals surface area contributed by atoms with Gasteiger partial charge in [-0.05, 0) is 0 Å². The molecule has 2 rings (SSSR count). The lowest BCUT2D eigenvalue weighted by Crippen LogP contribution is -2.34. The van der Waals surface area contributed by atoms with Gasteiger partial charge in [0.15, 0.2) is 0 Å². The highest BCUT2D eigenvalue weighted by molar-refractivity contribution is 5.66. The van der Waals surface area contributed by atoms with Crippen LogP contribution < -0.4 is 5.73 Å². The average Bonchev–Trinajstić information content (AvgIpc) is 2.47. The van der Waals surface area contributed by atoms with Crippen molar-refractivity contribution in [1.82, 2.24) is 15.1 Å². The van der Waals surface area contributed by atoms with Crippen LogP contribution >= 0.6 is 0 Å². The molecule has 0 unspecified atom stereocenters. The zero-order valence-corrected chi connectivity index (χ0v) is 6.95. The molecule has 6 nitrogen and oxygen atoms in total. The van der Waals surface area contributed by atoms with Crippen molar-refractivity contribution in [2.75, 3.05) is 12.3 Å². The Morgan fingerprint density at radius 2 is 2.46 bits per heavy atom. The first kappa shape index (κ1) is 7.90. The largest absolute Gasteiger partial charge is 0.465 e. The number of nitrogens with two attached hydrogens (primary N) is 1. The summed E-state index contributed by atoms with van der Waals surface area (Å²) in [5.41, 5.74) is 7.33. The fourth-order valence-corrected chi connectivity index (χ4v) is 1.48. The number of nitrogen functional groups attached to an aromatic ring is 1. The highest BCUT2D eigenvalue weighted by Crippen LogP contribution is 2.21. The number of aromatic nitrogens is 2. The maximum Gasteiger partial charge on any atom is 0.407 e. The van der Waals surface area contributed by atoms with Crippen LogP contribution in [0.1, 0.15) is 11.3 Å². The van der Waals surface area contributed by atoms with Gasteiger partial charge in [0.25, 0.3) is 0 Å². The van der Waals surface area contributed by atoms with Crippen molar-refractivity contribution in [2.45, 2.75) is 13.0 Å². The summed E-state index contributed by atoms with van der Waals surface area (Å²) in [7, 11) is 0. The number of nitrogens with zero attached hydrogens (tertiary/aromatic N) is 2. The molecule has 1 aliphatic heterocycles. The molecule has 0 fully saturated rings. The Morgan fingerprint density at radius 3 is 3.15 bits per heavy atom. The Balaban J connectivity index is 2.27. The lowest BCUT2D eigenvalue weighted by molar-refractivity contribution is 0.140. The molecular weight excluding hydrogens is 172 g/mol. The minimum absolute atomic E-state index is 0.340. The molecule has 6 heteroatoms. The monoisotopic (exact) mass is 182 g/mol. The number of fused-ring (bicyclic) bond motifs is 1. The summed E-state index contributed by atoms with van der Waals surface area (Å²) in [6, 6.07) is 0. The number of amides is 1. The standard InChI is InChI=1S/C7H10N4O2/c8-6-4-3-11(7(12)13)2-1-5(4)9-10-6/h1-3H2,(H,12,13)(H3,8,9,10). The fraction of sp³-hybridized carbons (Fsp3) is 0.429. The van der Waals surface area contributed by atoms with E-state index in [1.54, 1.807) is 0 Å². The summed E-state index contributed by atoms with van der Waals surface area (Å²) >= 11 is 0. The van der Waals surface area contributed by atoms with E-state index < -0.39 is 6.09 Å². The SMILES string of the molecule is Nc1n[nH]c2c1CN(C(=O)O)CC2. The van der Waals surface area contributed by atoms with Gasteiger partial charge < -0.3 is 15.7 Å². The van der Waals surface area contributed by atoms with Gasteiger partial charge in [0.1, 0.15) is 5.82 Å². The number of nitrogens with one attached hydrogen (secondary N) is 1. The lowest BCUT2D eigenvalue weighted by Gasteiger charge is -2.23. The Morgan fingerprint density at radius 1 is 1.69 bits per heavy atom. The first-order chi connectivity index (χ1) is 6.18. The lowest BCUT2D eigenvalue weighted by atomic mass is 10.1. The molecule has 0 spiro atoms. The summed E-state index contributed by atoms with van der Waals surface area (Å²) in [6.45, 7) is 0.844. The summed E-state index contributed by atoms with van der Waals surface area (Å²) in [6.07, 6.45) is -0.252. The van der Waals surface area contributed by atoms with E-state index in [0.29, 0.717) is 25.3 Å². The summed E-state index contributed by atoms with van der Waals surface area (Å²) in [5.74, 6) is 0.404. The Kier molecular flexibility index (Phi) is 1.61. The second-order valence-corrected chi connectivity index (χ2v) is 3.02. The van der Waals surface area contributed by atoms with Gasteiger partial charge in [-0.3, -0.25) is 5.10 Å². The Hall–Kier alpha value is -1.72. The summed E-state index contributed by atoms with van der Waals surface area (Å²) < 4.78 is 0. The molecule has 0 saturated heterocycles. The van der Waals surface area contributed by atoms with Crippen molar-refractivity contribution in [3.05, 3.63) is 11.3 Å². The van der Waals surface area contributed by atoms with Gasteiger partial charge >= 0.3 is 6.09 Å². The third-order valence-corrected chi connectivity index (χ3v) is 2.24. The van der Waals surface area contributed by atoms with Gasteiger partial charge in [0, 0.05) is 24.2 Å². The van der Waals surface area contributed by atoms with E-state index in [2.05, 4.69) is 10.2 Å². The van der Waals surface area contributed by atoms with Gasteiger partial charge in [-0.2, -0.15) is 5.10 Å². The van der Waals surface area contributed by atoms with Crippen molar-refractivity contribution in [2.24, 2.45) is 0 Å². The highest BCUT2D eigenvalue weighted by atomic mass is 16.4. The van der Waals surface area contributed by atoms with Crippen LogP contribution in [0, 0.1) is 0 Å². The van der Waals surface area contributed by atoms with Gasteiger partial charge in [-0.1, -0.05) is 0 Å². The predicted molar refractivity (Wildman–Crippen MR) is 45.1 cm³/mol. The van der Waals surface area contributed by atoms with Crippen LogP contribution in [-0.2, 0) is 13.0 Å². The van der Waals surface area contributed by atoms with Crippen LogP contribution in [0.4, 0.5) is 10.6 Å². The van der Waals surface area contributed by atoms with E-state index in [-0.39, 0.29) is 0 Å². The topological polar surface area (TPSA) is 95.2 Å². The second-order valence-electron chi connectivity index (χ2n) is 3.02. The molecule has 0 saturated carbocycles. The van der Waals surface area contributed by atoms with E-state index in [1.165, 1.54) is 4.90 Å². The van der Waals surface area contributed by atoms with Crippen LogP contribution in [0.3, 0.4) is 0 Å². The zero-order valence-electron chi connectivity index (χ0n) is 6.95. The molecule has 1 amide bonds. The number of rotatable bonds is 0. The van der Waals surface area contributed by atoms with Crippen molar-refractivity contribution in [3.8, 4) is 0 Å². The molecule has 0 bridgehead atoms. The maximum atomic E-state index is 10.7. The maximum absolute atomic E-state index is 10.7. The number of H-pyrrole nitrogens is 1. The molecule has 13 heavy (non-hydrogen) atoms. The molecule has 1 aromatic rings. The van der Waals surface area contributed by atoms with Crippen LogP contribution in [0.15, 0.2) is 0 Å². The third-order valence-electron chi connectivity index (χ3n) is 2.24. The number of hydrogen-bond donors (Lipinski definition) is 3. The van der Waals surface area contributed by atoms with E-state index in [0.717, 1.165) is 11.3 Å². The molecule has 1 aromatic heterocycles. The molecule has 70 valence electrons. The van der Waals surface area contributed by atoms with Crippen molar-refractivity contribution < 1.29 is 9.90 Å². The molecule has 0 radical (unpaired) electrons. The molecular formula is C7H10N4O2. The van der Waals surface area contributed by atoms with Gasteiger partial charge in [-0.15, -0.1) is 0 Å². The van der Waals surface area contributed by atoms with Crippen LogP contribution in [0.2, 0.25) is 0 Å². The normalized spacial score (nSPS) is 15.5. The molecule has 1 aliphatic rings. The third kappa shape index (κ3) is 1.20. The fourth-order valence-electron chi connectivity index (χ4n) is 1.48. The van der Waals surface area contributed by atoms with E-state index in [4.69, 9.17) is 10.8 Å². The van der Waals surface area contributed by atoms with Crippen molar-refractivity contribution >= 4 is 11.9 Å². The van der Waals surface area contributed by atoms with Gasteiger partial charge in [0.05, 0.1) is 6.54 Å². The van der Waals surface area contributed by atoms with Gasteiger partial charge in [-0.25, -0.2) is 4.79 Å². The molecule has 0 atom stereocenters. The van der Waals surface area contributed by atoms with E-state index in [9.17, 15) is 4.79 Å². The average molecular weight is 182 g/mol. The van der Waals surface area contributed by atoms with Crippen LogP contribution in [0.5, 0.6) is 0 Å². The molecule has 2 heterocycles. The number of hydrogen-bond acceptors (Lipinski definition) is 3. The Labute approximate surface area is 74.3 Å². The van der Waals surface area contributed by atoms with E-state index in [1.807, 2.05) is 0 Å². The first-order valence-electron chi connectivity index (χ1n) is 3.98. The predicted octanol–water partition coefficient (Wildman–Crippen LogP) is 0.0280. The Bertz CT molecular complexity index is 346. The number of carbonyl (C=O) groups is 1. The van der Waals surface area contributed by atoms with Crippen molar-refractivity contribution in [1.29, 1.82) is 0 Å². The summed E-state index contributed by atoms with van der Waals surface area (Å²) in [4.78, 5) is 12.0. The molecule has 0 aromatic carbocycles. The zero-order chi connectivity index (χ0) is 9.42. The molecule has 0 aliphatic carbocycles. The number of aromatic amines is 1. The van der Waals surface area contributed by atoms with E-state index >= 15 is 0 Å². The van der Waals surface area contributed by atoms with Gasteiger partial charge in [0.2, 0.25) is 0 Å². The smallest absolute Gasteiger partial charge is 0.407 e. The first-order valence-corrected chi connectivity index (χ1v) is 3.98.